The van der Waals surface area contributed by atoms with Gasteiger partial charge in [-0.3, -0.25) is 0 Å². The van der Waals surface area contributed by atoms with Gasteiger partial charge in [0, 0.05) is 23.8 Å². The molecule has 2 unspecified atom stereocenters. The lowest BCUT2D eigenvalue weighted by Gasteiger charge is -2.22. The van der Waals surface area contributed by atoms with Crippen LogP contribution in [0.2, 0.25) is 0 Å². The summed E-state index contributed by atoms with van der Waals surface area (Å²) in [4.78, 5) is 0. The van der Waals surface area contributed by atoms with E-state index in [0.717, 1.165) is 11.3 Å². The van der Waals surface area contributed by atoms with Crippen LogP contribution in [0.3, 0.4) is 0 Å². The zero-order chi connectivity index (χ0) is 16.8. The van der Waals surface area contributed by atoms with Gasteiger partial charge in [0.15, 0.2) is 0 Å². The molecule has 0 saturated heterocycles. The third kappa shape index (κ3) is 4.24. The summed E-state index contributed by atoms with van der Waals surface area (Å²) in [6, 6.07) is 13.3. The molecule has 0 aromatic heterocycles. The Morgan fingerprint density at radius 1 is 1.09 bits per heavy atom. The third-order valence-electron chi connectivity index (χ3n) is 4.12. The highest BCUT2D eigenvalue weighted by molar-refractivity contribution is 5.56. The van der Waals surface area contributed by atoms with Gasteiger partial charge in [-0.2, -0.15) is 0 Å². The second-order valence-electron chi connectivity index (χ2n) is 5.83. The minimum absolute atomic E-state index is 0.358. The van der Waals surface area contributed by atoms with Crippen LogP contribution in [-0.4, -0.2) is 24.8 Å². The summed E-state index contributed by atoms with van der Waals surface area (Å²) in [5.41, 5.74) is 10.5. The molecule has 0 aliphatic carbocycles. The predicted octanol–water partition coefficient (Wildman–Crippen LogP) is 3.17. The van der Waals surface area contributed by atoms with Crippen LogP contribution in [0.4, 0.5) is 5.69 Å². The number of aliphatic hydroxyl groups excluding tert-OH is 1. The monoisotopic (exact) mass is 314 g/mol. The minimum Gasteiger partial charge on any atom is -0.496 e. The fraction of sp³-hybridized carbons (Fsp3) is 0.368. The maximum Gasteiger partial charge on any atom is 0.124 e. The number of rotatable bonds is 7. The number of nitrogens with one attached hydrogen (secondary N) is 1. The van der Waals surface area contributed by atoms with Gasteiger partial charge in [0.05, 0.1) is 13.2 Å². The molecule has 2 aromatic rings. The Morgan fingerprint density at radius 3 is 2.39 bits per heavy atom. The maximum atomic E-state index is 10.5. The smallest absolute Gasteiger partial charge is 0.124 e. The molecule has 0 heterocycles. The summed E-state index contributed by atoms with van der Waals surface area (Å²) < 4.78 is 5.29. The summed E-state index contributed by atoms with van der Waals surface area (Å²) >= 11 is 0. The van der Waals surface area contributed by atoms with Crippen LogP contribution in [0.15, 0.2) is 42.5 Å². The molecular weight excluding hydrogens is 288 g/mol. The van der Waals surface area contributed by atoms with Crippen LogP contribution in [0, 0.1) is 13.8 Å². The van der Waals surface area contributed by atoms with E-state index in [9.17, 15) is 5.11 Å². The normalized spacial score (nSPS) is 13.4. The number of ether oxygens (including phenoxy) is 1. The maximum absolute atomic E-state index is 10.5. The number of aryl methyl sites for hydroxylation is 2. The molecule has 2 aromatic carbocycles. The topological polar surface area (TPSA) is 67.5 Å². The number of anilines is 1. The molecule has 2 atom stereocenters. The van der Waals surface area contributed by atoms with Crippen molar-refractivity contribution in [2.45, 2.75) is 32.4 Å². The Balaban J connectivity index is 1.95. The number of nitrogens with two attached hydrogens (primary N) is 1. The molecule has 0 spiro atoms. The van der Waals surface area contributed by atoms with Crippen molar-refractivity contribution in [2.24, 2.45) is 5.73 Å². The minimum atomic E-state index is -0.745. The second kappa shape index (κ2) is 7.99. The van der Waals surface area contributed by atoms with Gasteiger partial charge in [-0.25, -0.2) is 0 Å². The molecule has 0 bridgehead atoms. The fourth-order valence-corrected chi connectivity index (χ4v) is 2.76. The Bertz CT molecular complexity index is 623. The Hall–Kier alpha value is -2.04. The SMILES string of the molecule is COc1ccccc1C(O)C(N)CCNc1c(C)cccc1C. The summed E-state index contributed by atoms with van der Waals surface area (Å²) in [5, 5.41) is 13.9. The van der Waals surface area contributed by atoms with Crippen molar-refractivity contribution in [2.75, 3.05) is 19.0 Å². The van der Waals surface area contributed by atoms with Crippen molar-refractivity contribution in [3.63, 3.8) is 0 Å². The standard InChI is InChI=1S/C19H26N2O2/c1-13-7-6-8-14(2)18(13)21-12-11-16(20)19(22)15-9-4-5-10-17(15)23-3/h4-10,16,19,21-22H,11-12,20H2,1-3H3. The van der Waals surface area contributed by atoms with E-state index in [0.29, 0.717) is 18.7 Å². The van der Waals surface area contributed by atoms with Crippen LogP contribution in [0.1, 0.15) is 29.2 Å². The number of hydrogen-bond donors (Lipinski definition) is 3. The van der Waals surface area contributed by atoms with E-state index < -0.39 is 6.10 Å². The van der Waals surface area contributed by atoms with E-state index in [2.05, 4.69) is 31.3 Å². The van der Waals surface area contributed by atoms with Gasteiger partial charge >= 0.3 is 0 Å². The first-order chi connectivity index (χ1) is 11.0. The quantitative estimate of drug-likeness (QED) is 0.734. The first-order valence-electron chi connectivity index (χ1n) is 7.91. The number of hydrogen-bond acceptors (Lipinski definition) is 4. The summed E-state index contributed by atoms with van der Waals surface area (Å²) in [7, 11) is 1.60. The van der Waals surface area contributed by atoms with Gasteiger partial charge in [0.1, 0.15) is 5.75 Å². The van der Waals surface area contributed by atoms with Gasteiger partial charge < -0.3 is 20.9 Å². The first-order valence-corrected chi connectivity index (χ1v) is 7.91. The molecule has 4 heteroatoms. The highest BCUT2D eigenvalue weighted by atomic mass is 16.5. The fourth-order valence-electron chi connectivity index (χ4n) is 2.76. The lowest BCUT2D eigenvalue weighted by molar-refractivity contribution is 0.140. The Morgan fingerprint density at radius 2 is 1.74 bits per heavy atom. The molecule has 124 valence electrons. The third-order valence-corrected chi connectivity index (χ3v) is 4.12. The molecule has 0 radical (unpaired) electrons. The zero-order valence-electron chi connectivity index (χ0n) is 14.0. The van der Waals surface area contributed by atoms with Crippen LogP contribution >= 0.6 is 0 Å². The van der Waals surface area contributed by atoms with Gasteiger partial charge in [0.25, 0.3) is 0 Å². The van der Waals surface area contributed by atoms with E-state index in [1.807, 2.05) is 30.3 Å². The number of para-hydroxylation sites is 2. The van der Waals surface area contributed by atoms with E-state index in [1.165, 1.54) is 11.1 Å². The Kier molecular flexibility index (Phi) is 6.02. The predicted molar refractivity (Wildman–Crippen MR) is 95.0 cm³/mol. The van der Waals surface area contributed by atoms with Crippen molar-refractivity contribution < 1.29 is 9.84 Å². The highest BCUT2D eigenvalue weighted by Gasteiger charge is 2.20. The average Bonchev–Trinajstić information content (AvgIpc) is 2.56. The van der Waals surface area contributed by atoms with Crippen molar-refractivity contribution >= 4 is 5.69 Å². The molecule has 4 nitrogen and oxygen atoms in total. The second-order valence-corrected chi connectivity index (χ2v) is 5.83. The zero-order valence-corrected chi connectivity index (χ0v) is 14.0. The van der Waals surface area contributed by atoms with Gasteiger partial charge in [-0.15, -0.1) is 0 Å². The molecule has 0 amide bonds. The molecule has 0 saturated carbocycles. The molecule has 0 aliphatic rings. The van der Waals surface area contributed by atoms with E-state index >= 15 is 0 Å². The van der Waals surface area contributed by atoms with Crippen molar-refractivity contribution in [1.29, 1.82) is 0 Å². The van der Waals surface area contributed by atoms with Gasteiger partial charge in [-0.1, -0.05) is 36.4 Å². The molecule has 0 fully saturated rings. The largest absolute Gasteiger partial charge is 0.496 e. The van der Waals surface area contributed by atoms with E-state index in [-0.39, 0.29) is 6.04 Å². The lowest BCUT2D eigenvalue weighted by Crippen LogP contribution is -2.31. The summed E-state index contributed by atoms with van der Waals surface area (Å²) in [5.74, 6) is 0.665. The average molecular weight is 314 g/mol. The number of aliphatic hydroxyl groups is 1. The summed E-state index contributed by atoms with van der Waals surface area (Å²) in [6.07, 6.45) is -0.0848. The highest BCUT2D eigenvalue weighted by Crippen LogP contribution is 2.27. The van der Waals surface area contributed by atoms with Crippen LogP contribution < -0.4 is 15.8 Å². The van der Waals surface area contributed by atoms with Gasteiger partial charge in [0.2, 0.25) is 0 Å². The van der Waals surface area contributed by atoms with Crippen LogP contribution in [-0.2, 0) is 0 Å². The van der Waals surface area contributed by atoms with Crippen LogP contribution in [0.5, 0.6) is 5.75 Å². The van der Waals surface area contributed by atoms with E-state index in [1.54, 1.807) is 7.11 Å². The van der Waals surface area contributed by atoms with Crippen LogP contribution in [0.25, 0.3) is 0 Å². The van der Waals surface area contributed by atoms with E-state index in [4.69, 9.17) is 10.5 Å². The first kappa shape index (κ1) is 17.3. The van der Waals surface area contributed by atoms with Crippen molar-refractivity contribution in [1.82, 2.24) is 0 Å². The van der Waals surface area contributed by atoms with Crippen molar-refractivity contribution in [3.8, 4) is 5.75 Å². The molecular formula is C19H26N2O2. The lowest BCUT2D eigenvalue weighted by atomic mass is 9.99. The number of methoxy groups -OCH3 is 1. The molecule has 4 N–H and O–H groups in total. The van der Waals surface area contributed by atoms with Gasteiger partial charge in [-0.05, 0) is 37.5 Å². The van der Waals surface area contributed by atoms with Crippen molar-refractivity contribution in [3.05, 3.63) is 59.2 Å². The molecule has 23 heavy (non-hydrogen) atoms. The Labute approximate surface area is 138 Å². The summed E-state index contributed by atoms with van der Waals surface area (Å²) in [6.45, 7) is 4.87. The molecule has 0 aliphatic heterocycles. The number of benzene rings is 2. The molecule has 2 rings (SSSR count).